The molecule has 1 amide bonds. The highest BCUT2D eigenvalue weighted by molar-refractivity contribution is 9.10. The van der Waals surface area contributed by atoms with Crippen LogP contribution in [0.25, 0.3) is 0 Å². The molecule has 0 radical (unpaired) electrons. The average Bonchev–Trinajstić information content (AvgIpc) is 2.42. The van der Waals surface area contributed by atoms with Crippen molar-refractivity contribution in [2.24, 2.45) is 0 Å². The van der Waals surface area contributed by atoms with E-state index in [1.165, 1.54) is 7.11 Å². The lowest BCUT2D eigenvalue weighted by Crippen LogP contribution is -2.43. The standard InChI is InChI=1S/C15H21BrN2O4/c1-15(2,3)22-14(20)17-9-12(13(19)21-4)18-11-7-5-10(16)6-8-11/h5-8,12,18H,9H2,1-4H3,(H,17,20)/t12-/m0/s1. The van der Waals surface area contributed by atoms with Crippen LogP contribution < -0.4 is 10.6 Å². The predicted molar refractivity (Wildman–Crippen MR) is 87.8 cm³/mol. The number of amides is 1. The predicted octanol–water partition coefficient (Wildman–Crippen LogP) is 2.93. The SMILES string of the molecule is COC(=O)[C@H](CNC(=O)OC(C)(C)C)Nc1ccc(Br)cc1. The molecular formula is C15H21BrN2O4. The van der Waals surface area contributed by atoms with Crippen molar-refractivity contribution in [2.75, 3.05) is 19.0 Å². The number of carbonyl (C=O) groups excluding carboxylic acids is 2. The van der Waals surface area contributed by atoms with Gasteiger partial charge in [-0.05, 0) is 45.0 Å². The average molecular weight is 373 g/mol. The summed E-state index contributed by atoms with van der Waals surface area (Å²) in [6.45, 7) is 5.36. The van der Waals surface area contributed by atoms with E-state index >= 15 is 0 Å². The first kappa shape index (κ1) is 18.3. The third-order valence-corrected chi connectivity index (χ3v) is 3.05. The van der Waals surface area contributed by atoms with Crippen molar-refractivity contribution in [1.29, 1.82) is 0 Å². The van der Waals surface area contributed by atoms with Crippen LogP contribution in [-0.4, -0.2) is 37.4 Å². The minimum atomic E-state index is -0.710. The Kier molecular flexibility index (Phi) is 6.67. The van der Waals surface area contributed by atoms with Gasteiger partial charge in [0.1, 0.15) is 11.6 Å². The molecule has 0 aromatic heterocycles. The molecule has 0 aliphatic rings. The van der Waals surface area contributed by atoms with Gasteiger partial charge in [0, 0.05) is 10.2 Å². The van der Waals surface area contributed by atoms with Gasteiger partial charge in [0.2, 0.25) is 0 Å². The molecular weight excluding hydrogens is 352 g/mol. The van der Waals surface area contributed by atoms with Gasteiger partial charge >= 0.3 is 12.1 Å². The Morgan fingerprint density at radius 3 is 2.32 bits per heavy atom. The number of anilines is 1. The van der Waals surface area contributed by atoms with E-state index < -0.39 is 23.7 Å². The van der Waals surface area contributed by atoms with Gasteiger partial charge in [0.15, 0.2) is 0 Å². The monoisotopic (exact) mass is 372 g/mol. The summed E-state index contributed by atoms with van der Waals surface area (Å²) in [4.78, 5) is 23.4. The van der Waals surface area contributed by atoms with Crippen LogP contribution in [0, 0.1) is 0 Å². The second kappa shape index (κ2) is 8.03. The van der Waals surface area contributed by atoms with Crippen LogP contribution in [0.4, 0.5) is 10.5 Å². The second-order valence-electron chi connectivity index (χ2n) is 5.61. The quantitative estimate of drug-likeness (QED) is 0.777. The summed E-state index contributed by atoms with van der Waals surface area (Å²) >= 11 is 3.34. The minimum Gasteiger partial charge on any atom is -0.467 e. The number of hydrogen-bond donors (Lipinski definition) is 2. The molecule has 0 spiro atoms. The van der Waals surface area contributed by atoms with Crippen molar-refractivity contribution in [1.82, 2.24) is 5.32 Å². The van der Waals surface area contributed by atoms with Crippen molar-refractivity contribution in [3.05, 3.63) is 28.7 Å². The first-order chi connectivity index (χ1) is 10.2. The molecule has 0 saturated heterocycles. The van der Waals surface area contributed by atoms with E-state index in [2.05, 4.69) is 26.6 Å². The van der Waals surface area contributed by atoms with Crippen molar-refractivity contribution in [3.63, 3.8) is 0 Å². The summed E-state index contributed by atoms with van der Waals surface area (Å²) < 4.78 is 10.8. The topological polar surface area (TPSA) is 76.7 Å². The molecule has 6 nitrogen and oxygen atoms in total. The lowest BCUT2D eigenvalue weighted by atomic mass is 10.2. The first-order valence-corrected chi connectivity index (χ1v) is 7.57. The highest BCUT2D eigenvalue weighted by Crippen LogP contribution is 2.15. The fourth-order valence-electron chi connectivity index (χ4n) is 1.58. The normalized spacial score (nSPS) is 12.2. The molecule has 1 atom stereocenters. The van der Waals surface area contributed by atoms with Gasteiger partial charge in [-0.25, -0.2) is 9.59 Å². The van der Waals surface area contributed by atoms with Gasteiger partial charge in [-0.3, -0.25) is 0 Å². The van der Waals surface area contributed by atoms with Gasteiger partial charge < -0.3 is 20.1 Å². The number of carbonyl (C=O) groups is 2. The fraction of sp³-hybridized carbons (Fsp3) is 0.467. The van der Waals surface area contributed by atoms with Crippen LogP contribution in [0.3, 0.4) is 0 Å². The number of hydrogen-bond acceptors (Lipinski definition) is 5. The van der Waals surface area contributed by atoms with Crippen molar-refractivity contribution < 1.29 is 19.1 Å². The van der Waals surface area contributed by atoms with Gasteiger partial charge in [-0.1, -0.05) is 15.9 Å². The van der Waals surface area contributed by atoms with E-state index in [0.29, 0.717) is 0 Å². The smallest absolute Gasteiger partial charge is 0.407 e. The Labute approximate surface area is 138 Å². The Hall–Kier alpha value is -1.76. The maximum atomic E-state index is 11.8. The maximum Gasteiger partial charge on any atom is 0.407 e. The Balaban J connectivity index is 2.63. The zero-order valence-corrected chi connectivity index (χ0v) is 14.7. The van der Waals surface area contributed by atoms with Crippen LogP contribution in [0.15, 0.2) is 28.7 Å². The lowest BCUT2D eigenvalue weighted by Gasteiger charge is -2.22. The molecule has 7 heteroatoms. The molecule has 2 N–H and O–H groups in total. The molecule has 0 bridgehead atoms. The van der Waals surface area contributed by atoms with Crippen molar-refractivity contribution >= 4 is 33.7 Å². The molecule has 0 heterocycles. The molecule has 122 valence electrons. The Bertz CT molecular complexity index is 511. The summed E-state index contributed by atoms with van der Waals surface area (Å²) in [5.74, 6) is -0.473. The lowest BCUT2D eigenvalue weighted by molar-refractivity contribution is -0.141. The number of alkyl carbamates (subject to hydrolysis) is 1. The van der Waals surface area contributed by atoms with E-state index in [1.807, 2.05) is 24.3 Å². The third-order valence-electron chi connectivity index (χ3n) is 2.52. The second-order valence-corrected chi connectivity index (χ2v) is 6.53. The van der Waals surface area contributed by atoms with Crippen LogP contribution in [0.1, 0.15) is 20.8 Å². The van der Waals surface area contributed by atoms with Crippen LogP contribution >= 0.6 is 15.9 Å². The zero-order chi connectivity index (χ0) is 16.8. The largest absolute Gasteiger partial charge is 0.467 e. The third kappa shape index (κ3) is 6.80. The molecule has 1 aromatic carbocycles. The van der Waals surface area contributed by atoms with E-state index in [-0.39, 0.29) is 6.54 Å². The highest BCUT2D eigenvalue weighted by Gasteiger charge is 2.22. The first-order valence-electron chi connectivity index (χ1n) is 6.78. The molecule has 1 rings (SSSR count). The van der Waals surface area contributed by atoms with Gasteiger partial charge in [0.05, 0.1) is 13.7 Å². The van der Waals surface area contributed by atoms with Crippen LogP contribution in [-0.2, 0) is 14.3 Å². The summed E-state index contributed by atoms with van der Waals surface area (Å²) in [6.07, 6.45) is -0.584. The van der Waals surface area contributed by atoms with Crippen LogP contribution in [0.2, 0.25) is 0 Å². The zero-order valence-electron chi connectivity index (χ0n) is 13.1. The number of benzene rings is 1. The number of halogens is 1. The minimum absolute atomic E-state index is 0.0532. The molecule has 22 heavy (non-hydrogen) atoms. The van der Waals surface area contributed by atoms with E-state index in [1.54, 1.807) is 20.8 Å². The highest BCUT2D eigenvalue weighted by atomic mass is 79.9. The van der Waals surface area contributed by atoms with E-state index in [0.717, 1.165) is 10.2 Å². The van der Waals surface area contributed by atoms with E-state index in [9.17, 15) is 9.59 Å². The Morgan fingerprint density at radius 2 is 1.82 bits per heavy atom. The van der Waals surface area contributed by atoms with Gasteiger partial charge in [0.25, 0.3) is 0 Å². The van der Waals surface area contributed by atoms with Gasteiger partial charge in [-0.15, -0.1) is 0 Å². The molecule has 0 aliphatic heterocycles. The van der Waals surface area contributed by atoms with Crippen molar-refractivity contribution in [2.45, 2.75) is 32.4 Å². The summed E-state index contributed by atoms with van der Waals surface area (Å²) in [7, 11) is 1.30. The molecule has 0 aliphatic carbocycles. The summed E-state index contributed by atoms with van der Waals surface area (Å²) in [5, 5.41) is 5.56. The number of ether oxygens (including phenoxy) is 2. The number of rotatable bonds is 5. The summed E-state index contributed by atoms with van der Waals surface area (Å²) in [5.41, 5.74) is 0.147. The van der Waals surface area contributed by atoms with Gasteiger partial charge in [-0.2, -0.15) is 0 Å². The maximum absolute atomic E-state index is 11.8. The molecule has 1 aromatic rings. The molecule has 0 fully saturated rings. The summed E-state index contributed by atoms with van der Waals surface area (Å²) in [6, 6.07) is 6.61. The fourth-order valence-corrected chi connectivity index (χ4v) is 1.85. The van der Waals surface area contributed by atoms with Crippen LogP contribution in [0.5, 0.6) is 0 Å². The number of esters is 1. The molecule has 0 unspecified atom stereocenters. The number of methoxy groups -OCH3 is 1. The van der Waals surface area contributed by atoms with Crippen molar-refractivity contribution in [3.8, 4) is 0 Å². The Morgan fingerprint density at radius 1 is 1.23 bits per heavy atom. The number of nitrogens with one attached hydrogen (secondary N) is 2. The van der Waals surface area contributed by atoms with E-state index in [4.69, 9.17) is 9.47 Å². The molecule has 0 saturated carbocycles.